The van der Waals surface area contributed by atoms with Gasteiger partial charge in [-0.25, -0.2) is 9.59 Å². The number of Topliss-reactive ketones (excluding diaryl/α,β-unsaturated/α-hetero) is 1. The van der Waals surface area contributed by atoms with E-state index in [4.69, 9.17) is 14.3 Å². The Hall–Kier alpha value is -1.99. The molecule has 140 valence electrons. The summed E-state index contributed by atoms with van der Waals surface area (Å²) < 4.78 is 10.1. The second kappa shape index (κ2) is 8.40. The van der Waals surface area contributed by atoms with Gasteiger partial charge < -0.3 is 9.47 Å². The van der Waals surface area contributed by atoms with E-state index in [0.29, 0.717) is 12.8 Å². The predicted octanol–water partition coefficient (Wildman–Crippen LogP) is 1.97. The molecule has 0 saturated carbocycles. The second-order valence-corrected chi connectivity index (χ2v) is 7.20. The van der Waals surface area contributed by atoms with Gasteiger partial charge in [0.25, 0.3) is 0 Å². The lowest BCUT2D eigenvalue weighted by molar-refractivity contribution is -0.285. The van der Waals surface area contributed by atoms with Crippen LogP contribution >= 0.6 is 0 Å². The monoisotopic (exact) mass is 353 g/mol. The maximum atomic E-state index is 11.9. The summed E-state index contributed by atoms with van der Waals surface area (Å²) >= 11 is 0. The highest BCUT2D eigenvalue weighted by atomic mass is 16.7. The molecule has 0 spiro atoms. The highest BCUT2D eigenvalue weighted by Crippen LogP contribution is 2.36. The van der Waals surface area contributed by atoms with Gasteiger partial charge in [-0.15, -0.1) is 0 Å². The van der Waals surface area contributed by atoms with Gasteiger partial charge in [-0.3, -0.25) is 9.63 Å². The normalized spacial score (nSPS) is 20.4. The molecule has 0 aliphatic carbocycles. The third-order valence-corrected chi connectivity index (χ3v) is 3.78. The van der Waals surface area contributed by atoms with Crippen molar-refractivity contribution in [1.82, 2.24) is 5.06 Å². The number of hydroxylamine groups is 2. The molecule has 0 aromatic heterocycles. The van der Waals surface area contributed by atoms with Crippen LogP contribution in [0.2, 0.25) is 0 Å². The van der Waals surface area contributed by atoms with Crippen LogP contribution in [0.15, 0.2) is 25.3 Å². The fraction of sp³-hybridized carbons (Fsp3) is 0.611. The first-order chi connectivity index (χ1) is 11.5. The number of rotatable bonds is 8. The molecule has 0 aromatic carbocycles. The lowest BCUT2D eigenvalue weighted by Crippen LogP contribution is -2.61. The van der Waals surface area contributed by atoms with E-state index in [2.05, 4.69) is 13.2 Å². The SMILES string of the molecule is C=CC(=O)OCC(CON1C(C)(C)CC(=O)CC1(C)C)OC(=O)C=C. The molecule has 1 fully saturated rings. The molecule has 0 aromatic rings. The fourth-order valence-corrected chi connectivity index (χ4v) is 3.06. The minimum atomic E-state index is -0.807. The number of carbonyl (C=O) groups excluding carboxylic acids is 3. The molecule has 1 rings (SSSR count). The maximum absolute atomic E-state index is 11.9. The van der Waals surface area contributed by atoms with Gasteiger partial charge >= 0.3 is 11.9 Å². The molecule has 0 N–H and O–H groups in total. The van der Waals surface area contributed by atoms with E-state index in [1.165, 1.54) is 0 Å². The van der Waals surface area contributed by atoms with Gasteiger partial charge in [0.05, 0.1) is 0 Å². The summed E-state index contributed by atoms with van der Waals surface area (Å²) in [5.41, 5.74) is -1.02. The van der Waals surface area contributed by atoms with Crippen LogP contribution in [-0.2, 0) is 28.7 Å². The molecule has 7 nitrogen and oxygen atoms in total. The summed E-state index contributed by atoms with van der Waals surface area (Å²) in [6, 6.07) is 0. The van der Waals surface area contributed by atoms with Crippen LogP contribution in [0, 0.1) is 0 Å². The van der Waals surface area contributed by atoms with Crippen LogP contribution < -0.4 is 0 Å². The van der Waals surface area contributed by atoms with E-state index in [1.54, 1.807) is 5.06 Å². The Balaban J connectivity index is 2.79. The van der Waals surface area contributed by atoms with Crippen LogP contribution in [0.4, 0.5) is 0 Å². The molecule has 25 heavy (non-hydrogen) atoms. The quantitative estimate of drug-likeness (QED) is 0.487. The summed E-state index contributed by atoms with van der Waals surface area (Å²) in [4.78, 5) is 40.5. The van der Waals surface area contributed by atoms with Crippen molar-refractivity contribution in [3.8, 4) is 0 Å². The zero-order chi connectivity index (χ0) is 19.3. The van der Waals surface area contributed by atoms with E-state index in [-0.39, 0.29) is 19.0 Å². The van der Waals surface area contributed by atoms with Crippen molar-refractivity contribution in [3.05, 3.63) is 25.3 Å². The average molecular weight is 353 g/mol. The third kappa shape index (κ3) is 6.10. The molecule has 7 heteroatoms. The van der Waals surface area contributed by atoms with Crippen LogP contribution in [0.25, 0.3) is 0 Å². The Morgan fingerprint density at radius 2 is 1.60 bits per heavy atom. The van der Waals surface area contributed by atoms with Crippen molar-refractivity contribution in [2.75, 3.05) is 13.2 Å². The van der Waals surface area contributed by atoms with Crippen molar-refractivity contribution in [3.63, 3.8) is 0 Å². The maximum Gasteiger partial charge on any atom is 0.330 e. The van der Waals surface area contributed by atoms with Gasteiger partial charge in [-0.2, -0.15) is 5.06 Å². The minimum Gasteiger partial charge on any atom is -0.458 e. The van der Waals surface area contributed by atoms with Crippen LogP contribution in [0.1, 0.15) is 40.5 Å². The smallest absolute Gasteiger partial charge is 0.330 e. The lowest BCUT2D eigenvalue weighted by Gasteiger charge is -2.50. The number of nitrogens with zero attached hydrogens (tertiary/aromatic N) is 1. The average Bonchev–Trinajstić information content (AvgIpc) is 2.48. The molecular formula is C18H27NO6. The first kappa shape index (κ1) is 21.1. The topological polar surface area (TPSA) is 82.1 Å². The molecule has 1 aliphatic heterocycles. The van der Waals surface area contributed by atoms with Crippen LogP contribution in [-0.4, -0.2) is 53.2 Å². The molecule has 1 aliphatic rings. The van der Waals surface area contributed by atoms with Crippen molar-refractivity contribution >= 4 is 17.7 Å². The Labute approximate surface area is 148 Å². The van der Waals surface area contributed by atoms with E-state index in [0.717, 1.165) is 12.2 Å². The lowest BCUT2D eigenvalue weighted by atomic mass is 9.81. The van der Waals surface area contributed by atoms with Crippen molar-refractivity contribution in [1.29, 1.82) is 0 Å². The highest BCUT2D eigenvalue weighted by molar-refractivity contribution is 5.82. The van der Waals surface area contributed by atoms with Crippen molar-refractivity contribution < 1.29 is 28.7 Å². The Morgan fingerprint density at radius 1 is 1.08 bits per heavy atom. The number of esters is 2. The minimum absolute atomic E-state index is 0.0228. The van der Waals surface area contributed by atoms with E-state index in [9.17, 15) is 14.4 Å². The zero-order valence-corrected chi connectivity index (χ0v) is 15.4. The van der Waals surface area contributed by atoms with Gasteiger partial charge in [-0.05, 0) is 27.7 Å². The second-order valence-electron chi connectivity index (χ2n) is 7.20. The standard InChI is InChI=1S/C18H27NO6/c1-7-15(21)23-11-14(25-16(22)8-2)12-24-19-17(3,4)9-13(20)10-18(19,5)6/h7-8,14H,1-2,9-12H2,3-6H3. The Morgan fingerprint density at radius 3 is 2.08 bits per heavy atom. The highest BCUT2D eigenvalue weighted by Gasteiger charge is 2.46. The summed E-state index contributed by atoms with van der Waals surface area (Å²) in [5, 5.41) is 1.76. The molecule has 0 radical (unpaired) electrons. The first-order valence-corrected chi connectivity index (χ1v) is 8.09. The largest absolute Gasteiger partial charge is 0.458 e. The van der Waals surface area contributed by atoms with Crippen molar-refractivity contribution in [2.45, 2.75) is 57.7 Å². The molecular weight excluding hydrogens is 326 g/mol. The summed E-state index contributed by atoms with van der Waals surface area (Å²) in [7, 11) is 0. The van der Waals surface area contributed by atoms with E-state index >= 15 is 0 Å². The van der Waals surface area contributed by atoms with Crippen LogP contribution in [0.3, 0.4) is 0 Å². The van der Waals surface area contributed by atoms with E-state index in [1.807, 2.05) is 27.7 Å². The van der Waals surface area contributed by atoms with Crippen LogP contribution in [0.5, 0.6) is 0 Å². The molecule has 1 saturated heterocycles. The first-order valence-electron chi connectivity index (χ1n) is 8.09. The van der Waals surface area contributed by atoms with Gasteiger partial charge in [-0.1, -0.05) is 13.2 Å². The summed E-state index contributed by atoms with van der Waals surface area (Å²) in [6.07, 6.45) is 1.96. The molecule has 0 bridgehead atoms. The molecule has 1 unspecified atom stereocenters. The summed E-state index contributed by atoms with van der Waals surface area (Å²) in [6.45, 7) is 14.1. The predicted molar refractivity (Wildman–Crippen MR) is 91.4 cm³/mol. The molecule has 0 amide bonds. The number of hydrogen-bond acceptors (Lipinski definition) is 7. The zero-order valence-electron chi connectivity index (χ0n) is 15.4. The van der Waals surface area contributed by atoms with Crippen molar-refractivity contribution in [2.24, 2.45) is 0 Å². The van der Waals surface area contributed by atoms with Gasteiger partial charge in [0.2, 0.25) is 0 Å². The molecule has 1 atom stereocenters. The number of carbonyl (C=O) groups is 3. The number of ether oxygens (including phenoxy) is 2. The van der Waals surface area contributed by atoms with Gasteiger partial charge in [0.15, 0.2) is 6.10 Å². The summed E-state index contributed by atoms with van der Waals surface area (Å²) in [5.74, 6) is -1.09. The van der Waals surface area contributed by atoms with E-state index < -0.39 is 29.1 Å². The molecule has 1 heterocycles. The number of piperidine rings is 1. The number of hydrogen-bond donors (Lipinski definition) is 0. The Kier molecular flexibility index (Phi) is 7.07. The Bertz CT molecular complexity index is 532. The van der Waals surface area contributed by atoms with Gasteiger partial charge in [0, 0.05) is 36.1 Å². The number of ketones is 1. The third-order valence-electron chi connectivity index (χ3n) is 3.78. The van der Waals surface area contributed by atoms with Gasteiger partial charge in [0.1, 0.15) is 19.0 Å². The fourth-order valence-electron chi connectivity index (χ4n) is 3.06.